The fraction of sp³-hybridized carbons (Fsp3) is 0.172. The molecule has 0 saturated heterocycles. The molecule has 0 atom stereocenters. The fourth-order valence-electron chi connectivity index (χ4n) is 3.42. The van der Waals surface area contributed by atoms with Crippen molar-refractivity contribution >= 4 is 34.7 Å². The molecule has 0 aromatic heterocycles. The molecule has 0 saturated carbocycles. The van der Waals surface area contributed by atoms with Gasteiger partial charge in [0.15, 0.2) is 0 Å². The monoisotopic (exact) mass is 443 g/mol. The topological polar surface area (TPSA) is 32.3 Å². The summed E-state index contributed by atoms with van der Waals surface area (Å²) in [5, 5.41) is 14.5. The summed E-state index contributed by atoms with van der Waals surface area (Å²) in [4.78, 5) is 0. The summed E-state index contributed by atoms with van der Waals surface area (Å²) in [7, 11) is 1.92. The summed E-state index contributed by atoms with van der Waals surface area (Å²) < 4.78 is 0. The van der Waals surface area contributed by atoms with Crippen LogP contribution in [0.4, 0.5) is 5.69 Å². The van der Waals surface area contributed by atoms with Gasteiger partial charge in [-0.25, -0.2) is 0 Å². The van der Waals surface area contributed by atoms with Gasteiger partial charge in [0, 0.05) is 23.3 Å². The Hall–Kier alpha value is -3.23. The average Bonchev–Trinajstić information content (AvgIpc) is 2.82. The van der Waals surface area contributed by atoms with Crippen molar-refractivity contribution in [2.24, 2.45) is 0 Å². The van der Waals surface area contributed by atoms with Gasteiger partial charge in [0.25, 0.3) is 0 Å². The van der Waals surface area contributed by atoms with Gasteiger partial charge in [-0.2, -0.15) is 0 Å². The number of halogens is 1. The van der Waals surface area contributed by atoms with E-state index in [1.165, 1.54) is 5.56 Å². The number of aliphatic hydroxyl groups is 1. The van der Waals surface area contributed by atoms with Gasteiger partial charge < -0.3 is 10.4 Å². The van der Waals surface area contributed by atoms with Crippen molar-refractivity contribution in [1.29, 1.82) is 0 Å². The predicted molar refractivity (Wildman–Crippen MR) is 140 cm³/mol. The molecule has 0 spiro atoms. The maximum absolute atomic E-state index is 10.7. The Morgan fingerprint density at radius 3 is 2.19 bits per heavy atom. The number of hydrogen-bond donors (Lipinski definition) is 2. The van der Waals surface area contributed by atoms with E-state index in [0.717, 1.165) is 47.2 Å². The first-order chi connectivity index (χ1) is 15.6. The Morgan fingerprint density at radius 1 is 0.906 bits per heavy atom. The first-order valence-corrected chi connectivity index (χ1v) is 11.4. The van der Waals surface area contributed by atoms with E-state index in [4.69, 9.17) is 11.6 Å². The zero-order chi connectivity index (χ0) is 22.8. The molecule has 3 aromatic carbocycles. The molecule has 3 rings (SSSR count). The molecule has 3 aromatic rings. The lowest BCUT2D eigenvalue weighted by Gasteiger charge is -2.07. The van der Waals surface area contributed by atoms with Crippen LogP contribution in [0.5, 0.6) is 0 Å². The molecule has 3 heteroatoms. The SMILES string of the molecule is CCCc1ccc(C(/C=C(\O)c2ccc(Cl)cc2)=C/C/C=C/c2ccc(NC)cc2)cc1. The van der Waals surface area contributed by atoms with Crippen LogP contribution in [0.25, 0.3) is 17.4 Å². The summed E-state index contributed by atoms with van der Waals surface area (Å²) in [6, 6.07) is 24.1. The smallest absolute Gasteiger partial charge is 0.123 e. The van der Waals surface area contributed by atoms with Gasteiger partial charge in [-0.05, 0) is 77.6 Å². The minimum absolute atomic E-state index is 0.220. The molecule has 2 nitrogen and oxygen atoms in total. The molecular weight excluding hydrogens is 414 g/mol. The molecular formula is C29H30ClNO. The van der Waals surface area contributed by atoms with Crippen molar-refractivity contribution in [2.45, 2.75) is 26.2 Å². The van der Waals surface area contributed by atoms with Crippen molar-refractivity contribution in [1.82, 2.24) is 0 Å². The minimum atomic E-state index is 0.220. The van der Waals surface area contributed by atoms with Crippen molar-refractivity contribution in [3.05, 3.63) is 118 Å². The van der Waals surface area contributed by atoms with Gasteiger partial charge in [-0.15, -0.1) is 0 Å². The van der Waals surface area contributed by atoms with E-state index in [0.29, 0.717) is 5.02 Å². The van der Waals surface area contributed by atoms with Gasteiger partial charge >= 0.3 is 0 Å². The molecule has 0 fully saturated rings. The summed E-state index contributed by atoms with van der Waals surface area (Å²) in [6.45, 7) is 2.19. The lowest BCUT2D eigenvalue weighted by molar-refractivity contribution is 0.512. The van der Waals surface area contributed by atoms with Crippen molar-refractivity contribution < 1.29 is 5.11 Å². The molecule has 164 valence electrons. The number of nitrogens with one attached hydrogen (secondary N) is 1. The number of aryl methyl sites for hydroxylation is 1. The van der Waals surface area contributed by atoms with Gasteiger partial charge in [0.1, 0.15) is 5.76 Å². The van der Waals surface area contributed by atoms with Crippen LogP contribution in [0.15, 0.2) is 91.0 Å². The normalized spacial score (nSPS) is 12.3. The van der Waals surface area contributed by atoms with Crippen LogP contribution in [0.2, 0.25) is 5.02 Å². The van der Waals surface area contributed by atoms with E-state index < -0.39 is 0 Å². The number of allylic oxidation sites excluding steroid dienone is 4. The number of hydrogen-bond acceptors (Lipinski definition) is 2. The molecule has 2 N–H and O–H groups in total. The van der Waals surface area contributed by atoms with Crippen LogP contribution in [-0.4, -0.2) is 12.2 Å². The first kappa shape index (κ1) is 23.4. The second kappa shape index (κ2) is 12.0. The zero-order valence-corrected chi connectivity index (χ0v) is 19.4. The predicted octanol–water partition coefficient (Wildman–Crippen LogP) is 8.42. The third-order valence-electron chi connectivity index (χ3n) is 5.24. The van der Waals surface area contributed by atoms with E-state index in [1.54, 1.807) is 12.1 Å². The summed E-state index contributed by atoms with van der Waals surface area (Å²) in [6.07, 6.45) is 11.2. The Kier molecular flexibility index (Phi) is 8.77. The van der Waals surface area contributed by atoms with Crippen molar-refractivity contribution in [3.63, 3.8) is 0 Å². The van der Waals surface area contributed by atoms with Crippen LogP contribution < -0.4 is 5.32 Å². The molecule has 0 amide bonds. The highest BCUT2D eigenvalue weighted by Gasteiger charge is 2.04. The van der Waals surface area contributed by atoms with Crippen LogP contribution in [0.3, 0.4) is 0 Å². The fourth-order valence-corrected chi connectivity index (χ4v) is 3.55. The maximum atomic E-state index is 10.7. The third kappa shape index (κ3) is 6.90. The standard InChI is InChI=1S/C29H30ClNO/c1-3-6-22-9-13-24(14-10-22)26(21-29(32)25-15-17-27(30)18-16-25)8-5-4-7-23-11-19-28(31-2)20-12-23/h4,7-21,31-32H,3,5-6H2,1-2H3/b7-4+,26-8+,29-21-. The average molecular weight is 444 g/mol. The summed E-state index contributed by atoms with van der Waals surface area (Å²) in [5.41, 5.74) is 6.38. The summed E-state index contributed by atoms with van der Waals surface area (Å²) >= 11 is 5.99. The Labute approximate surface area is 196 Å². The number of aliphatic hydroxyl groups excluding tert-OH is 1. The number of benzene rings is 3. The minimum Gasteiger partial charge on any atom is -0.507 e. The first-order valence-electron chi connectivity index (χ1n) is 11.0. The van der Waals surface area contributed by atoms with Gasteiger partial charge in [-0.3, -0.25) is 0 Å². The molecule has 0 aliphatic rings. The second-order valence-corrected chi connectivity index (χ2v) is 8.09. The Morgan fingerprint density at radius 2 is 1.56 bits per heavy atom. The molecule has 0 heterocycles. The number of rotatable bonds is 9. The molecule has 32 heavy (non-hydrogen) atoms. The Balaban J connectivity index is 1.83. The number of anilines is 1. The van der Waals surface area contributed by atoms with E-state index >= 15 is 0 Å². The van der Waals surface area contributed by atoms with Crippen LogP contribution in [0.1, 0.15) is 42.0 Å². The van der Waals surface area contributed by atoms with Crippen LogP contribution in [-0.2, 0) is 6.42 Å². The van der Waals surface area contributed by atoms with Gasteiger partial charge in [-0.1, -0.05) is 79.6 Å². The van der Waals surface area contributed by atoms with E-state index in [2.05, 4.69) is 79.0 Å². The molecule has 0 aliphatic heterocycles. The maximum Gasteiger partial charge on any atom is 0.123 e. The largest absolute Gasteiger partial charge is 0.507 e. The van der Waals surface area contributed by atoms with E-state index in [1.807, 2.05) is 25.3 Å². The van der Waals surface area contributed by atoms with Crippen LogP contribution in [0, 0.1) is 0 Å². The molecule has 0 radical (unpaired) electrons. The lowest BCUT2D eigenvalue weighted by atomic mass is 9.99. The highest BCUT2D eigenvalue weighted by molar-refractivity contribution is 6.30. The molecule has 0 unspecified atom stereocenters. The highest BCUT2D eigenvalue weighted by atomic mass is 35.5. The van der Waals surface area contributed by atoms with E-state index in [9.17, 15) is 5.11 Å². The second-order valence-electron chi connectivity index (χ2n) is 7.65. The quantitative estimate of drug-likeness (QED) is 0.257. The molecule has 0 aliphatic carbocycles. The highest BCUT2D eigenvalue weighted by Crippen LogP contribution is 2.24. The van der Waals surface area contributed by atoms with Gasteiger partial charge in [0.2, 0.25) is 0 Å². The van der Waals surface area contributed by atoms with Gasteiger partial charge in [0.05, 0.1) is 0 Å². The van der Waals surface area contributed by atoms with Crippen LogP contribution >= 0.6 is 11.6 Å². The van der Waals surface area contributed by atoms with Crippen molar-refractivity contribution in [2.75, 3.05) is 12.4 Å². The lowest BCUT2D eigenvalue weighted by Crippen LogP contribution is -1.89. The summed E-state index contributed by atoms with van der Waals surface area (Å²) in [5.74, 6) is 0.220. The third-order valence-corrected chi connectivity index (χ3v) is 5.49. The molecule has 0 bridgehead atoms. The van der Waals surface area contributed by atoms with Crippen molar-refractivity contribution in [3.8, 4) is 0 Å². The Bertz CT molecular complexity index is 1080. The van der Waals surface area contributed by atoms with E-state index in [-0.39, 0.29) is 5.76 Å². The zero-order valence-electron chi connectivity index (χ0n) is 18.7.